The molecule has 0 spiro atoms. The van der Waals surface area contributed by atoms with Gasteiger partial charge in [0.05, 0.1) is 17.7 Å². The fraction of sp³-hybridized carbons (Fsp3) is 0.240. The Bertz CT molecular complexity index is 1290. The summed E-state index contributed by atoms with van der Waals surface area (Å²) in [5.41, 5.74) is 11.5. The van der Waals surface area contributed by atoms with Gasteiger partial charge in [0.1, 0.15) is 5.82 Å². The maximum absolute atomic E-state index is 12.0. The SMILES string of the molecule is NC1(c2ccc(C3=NC4C=Cn5c(n[nH]c5=O)C4C=C3c3ccccc3)cc2)CCC1. The van der Waals surface area contributed by atoms with Gasteiger partial charge in [0.15, 0.2) is 0 Å². The largest absolute Gasteiger partial charge is 0.347 e. The third kappa shape index (κ3) is 2.86. The van der Waals surface area contributed by atoms with E-state index >= 15 is 0 Å². The number of aromatic amines is 1. The molecular weight excluding hydrogens is 386 g/mol. The average Bonchev–Trinajstić information content (AvgIpc) is 3.18. The van der Waals surface area contributed by atoms with Gasteiger partial charge in [-0.3, -0.25) is 9.56 Å². The number of hydrogen-bond donors (Lipinski definition) is 2. The highest BCUT2D eigenvalue weighted by Gasteiger charge is 2.35. The Balaban J connectivity index is 1.45. The van der Waals surface area contributed by atoms with E-state index in [0.29, 0.717) is 5.82 Å². The van der Waals surface area contributed by atoms with Gasteiger partial charge in [0.25, 0.3) is 0 Å². The smallest absolute Gasteiger partial charge is 0.321 e. The average molecular weight is 409 g/mol. The van der Waals surface area contributed by atoms with E-state index in [-0.39, 0.29) is 23.2 Å². The van der Waals surface area contributed by atoms with E-state index in [1.54, 1.807) is 10.8 Å². The van der Waals surface area contributed by atoms with E-state index in [2.05, 4.69) is 52.7 Å². The fourth-order valence-corrected chi connectivity index (χ4v) is 4.80. The summed E-state index contributed by atoms with van der Waals surface area (Å²) in [4.78, 5) is 17.2. The Hall–Kier alpha value is -3.51. The molecule has 6 heteroatoms. The molecule has 6 rings (SSSR count). The summed E-state index contributed by atoms with van der Waals surface area (Å²) in [6.45, 7) is 0. The molecule has 1 saturated carbocycles. The van der Waals surface area contributed by atoms with E-state index in [9.17, 15) is 4.79 Å². The van der Waals surface area contributed by atoms with Crippen LogP contribution in [-0.4, -0.2) is 26.5 Å². The molecule has 0 amide bonds. The molecule has 2 aromatic carbocycles. The number of hydrogen-bond acceptors (Lipinski definition) is 4. The van der Waals surface area contributed by atoms with Crippen LogP contribution >= 0.6 is 0 Å². The summed E-state index contributed by atoms with van der Waals surface area (Å²) in [6, 6.07) is 18.7. The molecule has 2 aliphatic heterocycles. The summed E-state index contributed by atoms with van der Waals surface area (Å²) < 4.78 is 1.56. The predicted octanol–water partition coefficient (Wildman–Crippen LogP) is 3.43. The molecule has 2 atom stereocenters. The number of rotatable bonds is 3. The number of allylic oxidation sites excluding steroid dienone is 1. The Kier molecular flexibility index (Phi) is 3.98. The summed E-state index contributed by atoms with van der Waals surface area (Å²) in [5, 5.41) is 6.83. The van der Waals surface area contributed by atoms with Crippen LogP contribution in [0.4, 0.5) is 0 Å². The van der Waals surface area contributed by atoms with Crippen molar-refractivity contribution in [1.29, 1.82) is 0 Å². The van der Waals surface area contributed by atoms with Gasteiger partial charge < -0.3 is 5.73 Å². The van der Waals surface area contributed by atoms with E-state index in [1.807, 2.05) is 24.3 Å². The van der Waals surface area contributed by atoms with Crippen LogP contribution in [0.5, 0.6) is 0 Å². The van der Waals surface area contributed by atoms with E-state index in [4.69, 9.17) is 10.7 Å². The number of benzene rings is 2. The summed E-state index contributed by atoms with van der Waals surface area (Å²) in [5.74, 6) is 0.601. The number of nitrogens with two attached hydrogens (primary N) is 1. The zero-order chi connectivity index (χ0) is 21.0. The van der Waals surface area contributed by atoms with Crippen molar-refractivity contribution in [2.75, 3.05) is 0 Å². The molecule has 1 fully saturated rings. The van der Waals surface area contributed by atoms with Crippen molar-refractivity contribution in [2.24, 2.45) is 10.7 Å². The summed E-state index contributed by atoms with van der Waals surface area (Å²) in [7, 11) is 0. The highest BCUT2D eigenvalue weighted by molar-refractivity contribution is 6.32. The lowest BCUT2D eigenvalue weighted by Gasteiger charge is -2.38. The van der Waals surface area contributed by atoms with Crippen molar-refractivity contribution in [2.45, 2.75) is 36.8 Å². The van der Waals surface area contributed by atoms with Gasteiger partial charge in [-0.15, -0.1) is 0 Å². The molecular formula is C25H23N5O. The summed E-state index contributed by atoms with van der Waals surface area (Å²) in [6.07, 6.45) is 9.22. The van der Waals surface area contributed by atoms with Crippen LogP contribution in [0.25, 0.3) is 11.8 Å². The summed E-state index contributed by atoms with van der Waals surface area (Å²) >= 11 is 0. The zero-order valence-electron chi connectivity index (χ0n) is 17.0. The van der Waals surface area contributed by atoms with Crippen LogP contribution in [0.2, 0.25) is 0 Å². The van der Waals surface area contributed by atoms with Crippen LogP contribution in [0, 0.1) is 0 Å². The highest BCUT2D eigenvalue weighted by atomic mass is 16.1. The van der Waals surface area contributed by atoms with Crippen molar-refractivity contribution in [3.05, 3.63) is 99.7 Å². The van der Waals surface area contributed by atoms with Gasteiger partial charge in [0, 0.05) is 22.9 Å². The molecule has 3 N–H and O–H groups in total. The van der Waals surface area contributed by atoms with Crippen LogP contribution in [0.3, 0.4) is 0 Å². The minimum atomic E-state index is -0.226. The molecule has 154 valence electrons. The second-order valence-electron chi connectivity index (χ2n) is 8.63. The third-order valence-corrected chi connectivity index (χ3v) is 6.77. The lowest BCUT2D eigenvalue weighted by Crippen LogP contribution is -2.43. The Labute approximate surface area is 179 Å². The van der Waals surface area contributed by atoms with Crippen LogP contribution in [-0.2, 0) is 5.54 Å². The number of nitrogens with one attached hydrogen (secondary N) is 1. The molecule has 1 aromatic heterocycles. The van der Waals surface area contributed by atoms with Crippen molar-refractivity contribution in [1.82, 2.24) is 14.8 Å². The quantitative estimate of drug-likeness (QED) is 0.695. The highest BCUT2D eigenvalue weighted by Crippen LogP contribution is 2.40. The minimum Gasteiger partial charge on any atom is -0.321 e. The van der Waals surface area contributed by atoms with Crippen LogP contribution in [0.15, 0.2) is 76.5 Å². The number of dihydropyridines is 1. The van der Waals surface area contributed by atoms with Gasteiger partial charge in [-0.25, -0.2) is 9.89 Å². The van der Waals surface area contributed by atoms with Gasteiger partial charge in [-0.05, 0) is 36.5 Å². The predicted molar refractivity (Wildman–Crippen MR) is 122 cm³/mol. The first-order valence-corrected chi connectivity index (χ1v) is 10.7. The normalized spacial score (nSPS) is 23.3. The van der Waals surface area contributed by atoms with Gasteiger partial charge in [-0.1, -0.05) is 60.7 Å². The lowest BCUT2D eigenvalue weighted by atomic mass is 9.72. The second kappa shape index (κ2) is 6.75. The van der Waals surface area contributed by atoms with E-state index in [1.165, 1.54) is 12.0 Å². The minimum absolute atomic E-state index is 0.0931. The molecule has 2 unspecified atom stereocenters. The first-order chi connectivity index (χ1) is 15.1. The van der Waals surface area contributed by atoms with Crippen molar-refractivity contribution < 1.29 is 0 Å². The molecule has 31 heavy (non-hydrogen) atoms. The monoisotopic (exact) mass is 409 g/mol. The van der Waals surface area contributed by atoms with Gasteiger partial charge in [-0.2, -0.15) is 5.10 Å². The Morgan fingerprint density at radius 1 is 1.03 bits per heavy atom. The molecule has 0 radical (unpaired) electrons. The van der Waals surface area contributed by atoms with Gasteiger partial charge in [0.2, 0.25) is 0 Å². The molecule has 6 nitrogen and oxygen atoms in total. The van der Waals surface area contributed by atoms with Crippen molar-refractivity contribution in [3.63, 3.8) is 0 Å². The number of fused-ring (bicyclic) bond motifs is 3. The standard InChI is InChI=1S/C25H23N5O/c26-25(12-4-13-25)18-9-7-17(8-10-18)22-19(16-5-2-1-3-6-16)15-20-21(27-22)11-14-30-23(20)28-29-24(30)31/h1-3,5-11,14-15,20-21H,4,12-13,26H2,(H,29,31). The number of H-pyrrole nitrogens is 1. The van der Waals surface area contributed by atoms with E-state index in [0.717, 1.165) is 35.3 Å². The van der Waals surface area contributed by atoms with Crippen molar-refractivity contribution >= 4 is 17.5 Å². The van der Waals surface area contributed by atoms with Crippen molar-refractivity contribution in [3.8, 4) is 0 Å². The molecule has 0 saturated heterocycles. The topological polar surface area (TPSA) is 89.1 Å². The van der Waals surface area contributed by atoms with E-state index < -0.39 is 0 Å². The molecule has 3 aromatic rings. The lowest BCUT2D eigenvalue weighted by molar-refractivity contribution is 0.253. The zero-order valence-corrected chi connectivity index (χ0v) is 17.0. The fourth-order valence-electron chi connectivity index (χ4n) is 4.80. The first kappa shape index (κ1) is 18.3. The van der Waals surface area contributed by atoms with Gasteiger partial charge >= 0.3 is 5.69 Å². The number of aliphatic imine (C=N–C) groups is 1. The number of aromatic nitrogens is 3. The second-order valence-corrected chi connectivity index (χ2v) is 8.63. The van der Waals surface area contributed by atoms with Crippen LogP contribution < -0.4 is 11.4 Å². The third-order valence-electron chi connectivity index (χ3n) is 6.77. The van der Waals surface area contributed by atoms with Crippen LogP contribution in [0.1, 0.15) is 47.7 Å². The molecule has 3 aliphatic rings. The molecule has 0 bridgehead atoms. The molecule has 1 aliphatic carbocycles. The number of nitrogens with zero attached hydrogens (tertiary/aromatic N) is 3. The maximum Gasteiger partial charge on any atom is 0.347 e. The first-order valence-electron chi connectivity index (χ1n) is 10.7. The molecule has 3 heterocycles. The maximum atomic E-state index is 12.0. The Morgan fingerprint density at radius 2 is 1.81 bits per heavy atom. The Morgan fingerprint density at radius 3 is 2.52 bits per heavy atom.